The average molecular weight is 221 g/mol. The van der Waals surface area contributed by atoms with E-state index in [0.717, 1.165) is 16.6 Å². The molecule has 0 spiro atoms. The van der Waals surface area contributed by atoms with Crippen LogP contribution in [0.3, 0.4) is 0 Å². The van der Waals surface area contributed by atoms with Crippen LogP contribution in [0.1, 0.15) is 5.69 Å². The molecule has 0 saturated carbocycles. The van der Waals surface area contributed by atoms with Gasteiger partial charge in [0.1, 0.15) is 0 Å². The number of nitrogens with one attached hydrogen (secondary N) is 1. The molecule has 0 radical (unpaired) electrons. The van der Waals surface area contributed by atoms with Gasteiger partial charge < -0.3 is 4.98 Å². The maximum Gasteiger partial charge on any atom is 0.168 e. The summed E-state index contributed by atoms with van der Waals surface area (Å²) in [5.74, 6) is 0. The molecule has 1 heterocycles. The van der Waals surface area contributed by atoms with Gasteiger partial charge in [0, 0.05) is 22.9 Å². The van der Waals surface area contributed by atoms with E-state index in [0.29, 0.717) is 0 Å². The molecule has 2 rings (SSSR count). The summed E-state index contributed by atoms with van der Waals surface area (Å²) in [5, 5.41) is 2.27. The van der Waals surface area contributed by atoms with Crippen molar-refractivity contribution in [2.75, 3.05) is 6.26 Å². The molecule has 0 atom stereocenters. The van der Waals surface area contributed by atoms with Gasteiger partial charge in [-0.1, -0.05) is 18.2 Å². The van der Waals surface area contributed by atoms with Crippen LogP contribution < -0.4 is 0 Å². The fourth-order valence-corrected chi connectivity index (χ4v) is 1.78. The summed E-state index contributed by atoms with van der Waals surface area (Å²) < 4.78 is 21.8. The Morgan fingerprint density at radius 3 is 2.67 bits per heavy atom. The van der Waals surface area contributed by atoms with Crippen molar-refractivity contribution < 1.29 is 8.42 Å². The molecule has 0 aliphatic carbocycles. The van der Waals surface area contributed by atoms with Crippen molar-refractivity contribution in [2.24, 2.45) is 0 Å². The Morgan fingerprint density at radius 2 is 2.00 bits per heavy atom. The minimum Gasteiger partial charge on any atom is -0.355 e. The van der Waals surface area contributed by atoms with E-state index >= 15 is 0 Å². The predicted octanol–water partition coefficient (Wildman–Crippen LogP) is 2.18. The Labute approximate surface area is 88.4 Å². The third-order valence-electron chi connectivity index (χ3n) is 2.05. The van der Waals surface area contributed by atoms with Gasteiger partial charge in [-0.25, -0.2) is 8.42 Å². The second kappa shape index (κ2) is 3.55. The second-order valence-electron chi connectivity index (χ2n) is 3.44. The molecule has 0 amide bonds. The van der Waals surface area contributed by atoms with E-state index in [-0.39, 0.29) is 0 Å². The molecule has 0 bridgehead atoms. The Kier molecular flexibility index (Phi) is 2.36. The highest BCUT2D eigenvalue weighted by atomic mass is 32.2. The van der Waals surface area contributed by atoms with Gasteiger partial charge >= 0.3 is 0 Å². The smallest absolute Gasteiger partial charge is 0.168 e. The molecule has 1 aromatic heterocycles. The quantitative estimate of drug-likeness (QED) is 0.845. The molecule has 2 aromatic rings. The van der Waals surface area contributed by atoms with Gasteiger partial charge in [0.2, 0.25) is 0 Å². The lowest BCUT2D eigenvalue weighted by Gasteiger charge is -1.85. The molecule has 0 saturated heterocycles. The first-order chi connectivity index (χ1) is 7.04. The SMILES string of the molecule is CS(=O)(=O)C=Cc1cc2ccccc2[nH]1. The van der Waals surface area contributed by atoms with Crippen molar-refractivity contribution in [3.05, 3.63) is 41.4 Å². The zero-order chi connectivity index (χ0) is 10.9. The Hall–Kier alpha value is -1.55. The topological polar surface area (TPSA) is 49.9 Å². The fourth-order valence-electron chi connectivity index (χ4n) is 1.38. The molecule has 0 aliphatic rings. The number of sulfone groups is 1. The number of rotatable bonds is 2. The van der Waals surface area contributed by atoms with Crippen molar-refractivity contribution in [3.63, 3.8) is 0 Å². The summed E-state index contributed by atoms with van der Waals surface area (Å²) in [6.45, 7) is 0. The van der Waals surface area contributed by atoms with E-state index in [1.54, 1.807) is 6.08 Å². The molecular weight excluding hydrogens is 210 g/mol. The molecule has 1 aromatic carbocycles. The van der Waals surface area contributed by atoms with E-state index < -0.39 is 9.84 Å². The van der Waals surface area contributed by atoms with Gasteiger partial charge in [0.25, 0.3) is 0 Å². The van der Waals surface area contributed by atoms with Gasteiger partial charge in [0.05, 0.1) is 0 Å². The predicted molar refractivity (Wildman–Crippen MR) is 62.2 cm³/mol. The van der Waals surface area contributed by atoms with Crippen LogP contribution >= 0.6 is 0 Å². The van der Waals surface area contributed by atoms with E-state index in [1.165, 1.54) is 11.7 Å². The average Bonchev–Trinajstić information content (AvgIpc) is 2.56. The van der Waals surface area contributed by atoms with E-state index in [2.05, 4.69) is 4.98 Å². The van der Waals surface area contributed by atoms with E-state index in [9.17, 15) is 8.42 Å². The van der Waals surface area contributed by atoms with Crippen molar-refractivity contribution in [2.45, 2.75) is 0 Å². The number of benzene rings is 1. The van der Waals surface area contributed by atoms with Crippen molar-refractivity contribution in [1.82, 2.24) is 4.98 Å². The first kappa shape index (κ1) is 9.98. The third-order valence-corrected chi connectivity index (χ3v) is 2.68. The Bertz CT molecular complexity index is 575. The molecule has 3 nitrogen and oxygen atoms in total. The maximum absolute atomic E-state index is 10.9. The highest BCUT2D eigenvalue weighted by Gasteiger charge is 1.98. The first-order valence-corrected chi connectivity index (χ1v) is 6.46. The molecule has 1 N–H and O–H groups in total. The number of H-pyrrole nitrogens is 1. The second-order valence-corrected chi connectivity index (χ2v) is 5.38. The standard InChI is InChI=1S/C11H11NO2S/c1-15(13,14)7-6-10-8-9-4-2-3-5-11(9)12-10/h2-8,12H,1H3. The van der Waals surface area contributed by atoms with Gasteiger partial charge in [-0.3, -0.25) is 0 Å². The van der Waals surface area contributed by atoms with Crippen LogP contribution in [0.2, 0.25) is 0 Å². The van der Waals surface area contributed by atoms with E-state index in [1.807, 2.05) is 30.3 Å². The fraction of sp³-hybridized carbons (Fsp3) is 0.0909. The summed E-state index contributed by atoms with van der Waals surface area (Å²) in [6, 6.07) is 9.72. The highest BCUT2D eigenvalue weighted by molar-refractivity contribution is 7.93. The number of para-hydroxylation sites is 1. The zero-order valence-corrected chi connectivity index (χ0v) is 9.08. The zero-order valence-electron chi connectivity index (χ0n) is 8.27. The largest absolute Gasteiger partial charge is 0.355 e. The van der Waals surface area contributed by atoms with Crippen LogP contribution in [0, 0.1) is 0 Å². The summed E-state index contributed by atoms with van der Waals surface area (Å²) in [7, 11) is -3.06. The number of hydrogen-bond donors (Lipinski definition) is 1. The van der Waals surface area contributed by atoms with Crippen molar-refractivity contribution >= 4 is 26.8 Å². The minimum atomic E-state index is -3.06. The molecule has 0 aliphatic heterocycles. The van der Waals surface area contributed by atoms with Crippen LogP contribution in [0.5, 0.6) is 0 Å². The number of aromatic nitrogens is 1. The van der Waals surface area contributed by atoms with Crippen molar-refractivity contribution in [1.29, 1.82) is 0 Å². The molecular formula is C11H11NO2S. The normalized spacial score (nSPS) is 12.6. The molecule has 4 heteroatoms. The summed E-state index contributed by atoms with van der Waals surface area (Å²) in [6.07, 6.45) is 2.74. The van der Waals surface area contributed by atoms with Crippen LogP contribution in [0.15, 0.2) is 35.7 Å². The van der Waals surface area contributed by atoms with Gasteiger partial charge in [-0.05, 0) is 23.6 Å². The van der Waals surface area contributed by atoms with Crippen LogP contribution in [-0.4, -0.2) is 19.7 Å². The molecule has 0 unspecified atom stereocenters. The summed E-state index contributed by atoms with van der Waals surface area (Å²) in [5.41, 5.74) is 1.80. The molecule has 0 fully saturated rings. The van der Waals surface area contributed by atoms with Crippen LogP contribution in [0.25, 0.3) is 17.0 Å². The minimum absolute atomic E-state index is 0.793. The Morgan fingerprint density at radius 1 is 1.27 bits per heavy atom. The summed E-state index contributed by atoms with van der Waals surface area (Å²) >= 11 is 0. The Balaban J connectivity index is 2.42. The van der Waals surface area contributed by atoms with Crippen LogP contribution in [0.4, 0.5) is 0 Å². The monoisotopic (exact) mass is 221 g/mol. The lowest BCUT2D eigenvalue weighted by atomic mass is 10.2. The van der Waals surface area contributed by atoms with Crippen LogP contribution in [-0.2, 0) is 9.84 Å². The van der Waals surface area contributed by atoms with Gasteiger partial charge in [-0.2, -0.15) is 0 Å². The number of fused-ring (bicyclic) bond motifs is 1. The summed E-state index contributed by atoms with van der Waals surface area (Å²) in [4.78, 5) is 3.12. The number of aromatic amines is 1. The lowest BCUT2D eigenvalue weighted by Crippen LogP contribution is -1.87. The lowest BCUT2D eigenvalue weighted by molar-refractivity contribution is 0.610. The number of hydrogen-bond acceptors (Lipinski definition) is 2. The van der Waals surface area contributed by atoms with Gasteiger partial charge in [0.15, 0.2) is 9.84 Å². The molecule has 78 valence electrons. The van der Waals surface area contributed by atoms with Gasteiger partial charge in [-0.15, -0.1) is 0 Å². The third kappa shape index (κ3) is 2.47. The van der Waals surface area contributed by atoms with Crippen molar-refractivity contribution in [3.8, 4) is 0 Å². The van der Waals surface area contributed by atoms with E-state index in [4.69, 9.17) is 0 Å². The maximum atomic E-state index is 10.9. The highest BCUT2D eigenvalue weighted by Crippen LogP contribution is 2.15. The molecule has 15 heavy (non-hydrogen) atoms. The first-order valence-electron chi connectivity index (χ1n) is 4.50.